The van der Waals surface area contributed by atoms with Crippen molar-refractivity contribution in [3.8, 4) is 6.07 Å². The zero-order valence-corrected chi connectivity index (χ0v) is 6.97. The summed E-state index contributed by atoms with van der Waals surface area (Å²) >= 11 is 0. The number of carbonyl (C=O) groups is 1. The quantitative estimate of drug-likeness (QED) is 0.699. The van der Waals surface area contributed by atoms with Crippen LogP contribution in [0.15, 0.2) is 18.2 Å². The third-order valence-electron chi connectivity index (χ3n) is 1.57. The molecule has 0 bridgehead atoms. The minimum absolute atomic E-state index is 0.0411. The van der Waals surface area contributed by atoms with Crippen LogP contribution in [0.25, 0.3) is 0 Å². The van der Waals surface area contributed by atoms with Gasteiger partial charge in [0.25, 0.3) is 5.91 Å². The molecule has 66 valence electrons. The zero-order chi connectivity index (χ0) is 9.84. The third-order valence-corrected chi connectivity index (χ3v) is 1.57. The summed E-state index contributed by atoms with van der Waals surface area (Å²) in [6, 6.07) is 5.21. The van der Waals surface area contributed by atoms with E-state index in [1.807, 2.05) is 0 Å². The Kier molecular flexibility index (Phi) is 2.60. The molecular weight excluding hydrogens is 171 g/mol. The van der Waals surface area contributed by atoms with E-state index in [0.717, 1.165) is 12.1 Å². The second kappa shape index (κ2) is 3.68. The van der Waals surface area contributed by atoms with Gasteiger partial charge in [0.1, 0.15) is 11.9 Å². The highest BCUT2D eigenvalue weighted by molar-refractivity contribution is 5.96. The van der Waals surface area contributed by atoms with Gasteiger partial charge in [0.2, 0.25) is 0 Å². The topological polar surface area (TPSA) is 52.9 Å². The number of nitriles is 1. The number of carbonyl (C=O) groups excluding carboxylic acids is 1. The molecule has 0 aromatic heterocycles. The van der Waals surface area contributed by atoms with Crippen LogP contribution in [0.2, 0.25) is 0 Å². The van der Waals surface area contributed by atoms with E-state index in [0.29, 0.717) is 0 Å². The largest absolute Gasteiger partial charge is 0.355 e. The second-order valence-electron chi connectivity index (χ2n) is 2.38. The molecule has 0 saturated heterocycles. The van der Waals surface area contributed by atoms with Gasteiger partial charge in [-0.3, -0.25) is 4.79 Å². The first-order valence-electron chi connectivity index (χ1n) is 3.60. The first-order valence-corrected chi connectivity index (χ1v) is 3.60. The van der Waals surface area contributed by atoms with Gasteiger partial charge in [0.15, 0.2) is 0 Å². The molecule has 0 spiro atoms. The fourth-order valence-corrected chi connectivity index (χ4v) is 0.942. The Hall–Kier alpha value is -1.89. The summed E-state index contributed by atoms with van der Waals surface area (Å²) in [4.78, 5) is 11.1. The first-order chi connectivity index (χ1) is 6.19. The molecule has 0 radical (unpaired) electrons. The van der Waals surface area contributed by atoms with Gasteiger partial charge in [0, 0.05) is 7.05 Å². The van der Waals surface area contributed by atoms with E-state index < -0.39 is 11.7 Å². The van der Waals surface area contributed by atoms with Crippen LogP contribution in [0.1, 0.15) is 15.9 Å². The first kappa shape index (κ1) is 9.20. The molecule has 0 fully saturated rings. The number of hydrogen-bond donors (Lipinski definition) is 1. The summed E-state index contributed by atoms with van der Waals surface area (Å²) in [7, 11) is 1.45. The molecule has 0 aliphatic rings. The smallest absolute Gasteiger partial charge is 0.252 e. The standard InChI is InChI=1S/C9H7FN2O/c1-12-9(13)8-3-2-7(10)4-6(8)5-11/h2-4H,1H3,(H,12,13). The predicted octanol–water partition coefficient (Wildman–Crippen LogP) is 1.06. The Balaban J connectivity index is 3.23. The van der Waals surface area contributed by atoms with E-state index in [4.69, 9.17) is 5.26 Å². The van der Waals surface area contributed by atoms with E-state index in [1.165, 1.54) is 13.1 Å². The Bertz CT molecular complexity index is 382. The van der Waals surface area contributed by atoms with Crippen LogP contribution in [0.5, 0.6) is 0 Å². The van der Waals surface area contributed by atoms with Crippen LogP contribution in [0.3, 0.4) is 0 Å². The van der Waals surface area contributed by atoms with Gasteiger partial charge >= 0.3 is 0 Å². The summed E-state index contributed by atoms with van der Waals surface area (Å²) in [5.74, 6) is -0.916. The minimum atomic E-state index is -0.524. The number of amides is 1. The molecule has 1 rings (SSSR count). The van der Waals surface area contributed by atoms with Crippen molar-refractivity contribution in [2.75, 3.05) is 7.05 Å². The van der Waals surface area contributed by atoms with Gasteiger partial charge in [0.05, 0.1) is 11.1 Å². The van der Waals surface area contributed by atoms with Gasteiger partial charge < -0.3 is 5.32 Å². The molecule has 13 heavy (non-hydrogen) atoms. The number of rotatable bonds is 1. The van der Waals surface area contributed by atoms with Crippen molar-refractivity contribution >= 4 is 5.91 Å². The average molecular weight is 178 g/mol. The second-order valence-corrected chi connectivity index (χ2v) is 2.38. The van der Waals surface area contributed by atoms with Gasteiger partial charge in [-0.05, 0) is 18.2 Å². The normalized spacial score (nSPS) is 9.00. The van der Waals surface area contributed by atoms with Crippen LogP contribution < -0.4 is 5.32 Å². The molecule has 0 heterocycles. The average Bonchev–Trinajstić information content (AvgIpc) is 2.16. The Morgan fingerprint density at radius 2 is 2.31 bits per heavy atom. The molecular formula is C9H7FN2O. The SMILES string of the molecule is CNC(=O)c1ccc(F)cc1C#N. The number of nitrogens with one attached hydrogen (secondary N) is 1. The highest BCUT2D eigenvalue weighted by atomic mass is 19.1. The molecule has 0 saturated carbocycles. The van der Waals surface area contributed by atoms with Crippen LogP contribution in [0.4, 0.5) is 4.39 Å². The van der Waals surface area contributed by atoms with Crippen molar-refractivity contribution in [2.45, 2.75) is 0 Å². The Morgan fingerprint density at radius 1 is 1.62 bits per heavy atom. The third kappa shape index (κ3) is 1.82. The van der Waals surface area contributed by atoms with E-state index in [1.54, 1.807) is 6.07 Å². The summed E-state index contributed by atoms with van der Waals surface area (Å²) in [6.07, 6.45) is 0. The molecule has 0 unspecified atom stereocenters. The van der Waals surface area contributed by atoms with Crippen LogP contribution in [-0.2, 0) is 0 Å². The number of benzene rings is 1. The molecule has 1 aromatic carbocycles. The number of hydrogen-bond acceptors (Lipinski definition) is 2. The molecule has 4 heteroatoms. The monoisotopic (exact) mass is 178 g/mol. The maximum atomic E-state index is 12.6. The van der Waals surface area contributed by atoms with E-state index in [-0.39, 0.29) is 11.1 Å². The fraction of sp³-hybridized carbons (Fsp3) is 0.111. The molecule has 1 aromatic rings. The summed E-state index contributed by atoms with van der Waals surface area (Å²) < 4.78 is 12.6. The van der Waals surface area contributed by atoms with Crippen molar-refractivity contribution in [3.05, 3.63) is 35.1 Å². The summed E-state index contributed by atoms with van der Waals surface area (Å²) in [5.41, 5.74) is 0.228. The molecule has 0 atom stereocenters. The minimum Gasteiger partial charge on any atom is -0.355 e. The van der Waals surface area contributed by atoms with Crippen molar-refractivity contribution in [1.29, 1.82) is 5.26 Å². The Labute approximate surface area is 74.8 Å². The highest BCUT2D eigenvalue weighted by Crippen LogP contribution is 2.09. The summed E-state index contributed by atoms with van der Waals surface area (Å²) in [6.45, 7) is 0. The van der Waals surface area contributed by atoms with Crippen LogP contribution in [0, 0.1) is 17.1 Å². The van der Waals surface area contributed by atoms with Gasteiger partial charge in [-0.2, -0.15) is 5.26 Å². The fourth-order valence-electron chi connectivity index (χ4n) is 0.942. The summed E-state index contributed by atoms with van der Waals surface area (Å²) in [5, 5.41) is 11.0. The highest BCUT2D eigenvalue weighted by Gasteiger charge is 2.09. The predicted molar refractivity (Wildman–Crippen MR) is 44.5 cm³/mol. The van der Waals surface area contributed by atoms with Crippen molar-refractivity contribution in [2.24, 2.45) is 0 Å². The maximum absolute atomic E-state index is 12.6. The zero-order valence-electron chi connectivity index (χ0n) is 6.97. The van der Waals surface area contributed by atoms with E-state index >= 15 is 0 Å². The lowest BCUT2D eigenvalue weighted by Gasteiger charge is -2.01. The lowest BCUT2D eigenvalue weighted by Crippen LogP contribution is -2.19. The molecule has 0 aliphatic carbocycles. The number of halogens is 1. The van der Waals surface area contributed by atoms with Gasteiger partial charge in [-0.15, -0.1) is 0 Å². The van der Waals surface area contributed by atoms with E-state index in [9.17, 15) is 9.18 Å². The van der Waals surface area contributed by atoms with E-state index in [2.05, 4.69) is 5.32 Å². The Morgan fingerprint density at radius 3 is 2.85 bits per heavy atom. The number of nitrogens with zero attached hydrogens (tertiary/aromatic N) is 1. The van der Waals surface area contributed by atoms with Crippen molar-refractivity contribution in [3.63, 3.8) is 0 Å². The van der Waals surface area contributed by atoms with Gasteiger partial charge in [-0.1, -0.05) is 0 Å². The lowest BCUT2D eigenvalue weighted by atomic mass is 10.1. The molecule has 1 N–H and O–H groups in total. The molecule has 3 nitrogen and oxygen atoms in total. The molecule has 0 aliphatic heterocycles. The maximum Gasteiger partial charge on any atom is 0.252 e. The molecule has 1 amide bonds. The van der Waals surface area contributed by atoms with Crippen LogP contribution >= 0.6 is 0 Å². The lowest BCUT2D eigenvalue weighted by molar-refractivity contribution is 0.0963. The van der Waals surface area contributed by atoms with Gasteiger partial charge in [-0.25, -0.2) is 4.39 Å². The van der Waals surface area contributed by atoms with Crippen molar-refractivity contribution < 1.29 is 9.18 Å². The van der Waals surface area contributed by atoms with Crippen molar-refractivity contribution in [1.82, 2.24) is 5.32 Å². The van der Waals surface area contributed by atoms with Crippen LogP contribution in [-0.4, -0.2) is 13.0 Å².